The molecule has 0 aromatic carbocycles. The highest BCUT2D eigenvalue weighted by atomic mass is 16.5. The van der Waals surface area contributed by atoms with Crippen molar-refractivity contribution < 1.29 is 33.4 Å². The highest BCUT2D eigenvalue weighted by molar-refractivity contribution is 5.95. The Kier molecular flexibility index (Phi) is 14.4. The summed E-state index contributed by atoms with van der Waals surface area (Å²) in [6.07, 6.45) is 9.88. The van der Waals surface area contributed by atoms with E-state index in [1.807, 2.05) is 20.8 Å². The van der Waals surface area contributed by atoms with Crippen molar-refractivity contribution >= 4 is 23.6 Å². The number of ether oxygens (including phenoxy) is 1. The van der Waals surface area contributed by atoms with Crippen molar-refractivity contribution in [3.8, 4) is 0 Å². The number of aliphatic hydroxyl groups excluding tert-OH is 1. The third kappa shape index (κ3) is 10.8. The molecular weight excluding hydrogens is 588 g/mol. The summed E-state index contributed by atoms with van der Waals surface area (Å²) in [7, 11) is 0. The number of cyclic esters (lactones) is 1. The van der Waals surface area contributed by atoms with Gasteiger partial charge in [0.05, 0.1) is 12.5 Å². The van der Waals surface area contributed by atoms with Gasteiger partial charge in [-0.1, -0.05) is 64.5 Å². The van der Waals surface area contributed by atoms with E-state index in [4.69, 9.17) is 9.15 Å². The second-order valence-corrected chi connectivity index (χ2v) is 12.7. The van der Waals surface area contributed by atoms with Gasteiger partial charge in [0.15, 0.2) is 5.69 Å². The molecule has 46 heavy (non-hydrogen) atoms. The van der Waals surface area contributed by atoms with Gasteiger partial charge in [-0.25, -0.2) is 9.78 Å². The van der Waals surface area contributed by atoms with E-state index in [1.165, 1.54) is 17.2 Å². The Morgan fingerprint density at radius 2 is 1.89 bits per heavy atom. The fourth-order valence-corrected chi connectivity index (χ4v) is 6.22. The molecule has 254 valence electrons. The summed E-state index contributed by atoms with van der Waals surface area (Å²) in [4.78, 5) is 61.1. The van der Waals surface area contributed by atoms with Crippen molar-refractivity contribution in [2.45, 2.75) is 91.9 Å². The maximum absolute atomic E-state index is 14.0. The maximum atomic E-state index is 14.0. The van der Waals surface area contributed by atoms with Crippen LogP contribution < -0.4 is 5.32 Å². The maximum Gasteiger partial charge on any atom is 0.329 e. The number of allylic oxidation sites excluding steroid dienone is 2. The zero-order valence-corrected chi connectivity index (χ0v) is 28.2. The number of rotatable bonds is 7. The summed E-state index contributed by atoms with van der Waals surface area (Å²) >= 11 is 0. The number of aromatic nitrogens is 1. The van der Waals surface area contributed by atoms with E-state index in [9.17, 15) is 24.3 Å². The summed E-state index contributed by atoms with van der Waals surface area (Å²) in [5.41, 5.74) is 0.751. The minimum absolute atomic E-state index is 0.0203. The monoisotopic (exact) mass is 640 g/mol. The lowest BCUT2D eigenvalue weighted by molar-refractivity contribution is -0.159. The summed E-state index contributed by atoms with van der Waals surface area (Å²) in [6, 6.07) is -0.801. The standard InChI is InChI=1S/C35H52N4O7/c1-7-38(8-2)17-10-12-26-15-18-39-32(26)35(44)46-33(23(3)4)25(6)13-14-30(42)36-16-9-11-24(5)19-27(40)20-28(41)21-31-37-29(22-45-31)34(39)43/h9,11,13-14,19,22-23,25-27,32-33,40H,7-8,10,12,15-18,20-21H2,1-6H3,(H,36,42)/b11-9+,14-13+,24-19+. The molecule has 1 saturated heterocycles. The van der Waals surface area contributed by atoms with Gasteiger partial charge in [-0.2, -0.15) is 0 Å². The summed E-state index contributed by atoms with van der Waals surface area (Å²) in [5, 5.41) is 13.2. The predicted octanol–water partition coefficient (Wildman–Crippen LogP) is 3.88. The SMILES string of the molecule is CCN(CC)CCCC1CCN2C(=O)c3coc(n3)CC(=O)CC(O)/C=C(C)/C=C/CNC(=O)/C=C/C(C)C(C(C)C)OC(=O)C12. The number of carbonyl (C=O) groups is 4. The first kappa shape index (κ1) is 36.9. The van der Waals surface area contributed by atoms with Crippen LogP contribution in [0.2, 0.25) is 0 Å². The molecule has 0 saturated carbocycles. The first-order valence-electron chi connectivity index (χ1n) is 16.6. The Labute approximate surface area is 273 Å². The van der Waals surface area contributed by atoms with Gasteiger partial charge in [0.25, 0.3) is 5.91 Å². The normalized spacial score (nSPS) is 28.4. The first-order valence-corrected chi connectivity index (χ1v) is 16.6. The molecule has 0 radical (unpaired) electrons. The zero-order chi connectivity index (χ0) is 33.8. The van der Waals surface area contributed by atoms with Crippen LogP contribution in [0.4, 0.5) is 0 Å². The fraction of sp³-hybridized carbons (Fsp3) is 0.629. The first-order chi connectivity index (χ1) is 21.9. The molecule has 1 fully saturated rings. The van der Waals surface area contributed by atoms with Crippen LogP contribution in [-0.2, 0) is 25.5 Å². The van der Waals surface area contributed by atoms with Gasteiger partial charge < -0.3 is 29.4 Å². The summed E-state index contributed by atoms with van der Waals surface area (Å²) in [5.74, 6) is -1.84. The highest BCUT2D eigenvalue weighted by Gasteiger charge is 2.44. The molecule has 11 nitrogen and oxygen atoms in total. The van der Waals surface area contributed by atoms with E-state index in [0.717, 1.165) is 38.0 Å². The lowest BCUT2D eigenvalue weighted by Gasteiger charge is -2.31. The van der Waals surface area contributed by atoms with Crippen molar-refractivity contribution in [1.29, 1.82) is 0 Å². The highest BCUT2D eigenvalue weighted by Crippen LogP contribution is 2.32. The number of aliphatic hydroxyl groups is 1. The molecule has 2 bridgehead atoms. The van der Waals surface area contributed by atoms with Crippen LogP contribution in [-0.4, -0.2) is 94.4 Å². The zero-order valence-electron chi connectivity index (χ0n) is 28.2. The largest absolute Gasteiger partial charge is 0.460 e. The quantitative estimate of drug-likeness (QED) is 0.425. The van der Waals surface area contributed by atoms with Crippen LogP contribution in [0.1, 0.15) is 83.6 Å². The molecule has 1 aromatic heterocycles. The van der Waals surface area contributed by atoms with Crippen molar-refractivity contribution in [1.82, 2.24) is 20.1 Å². The number of hydrogen-bond acceptors (Lipinski definition) is 9. The second kappa shape index (κ2) is 17.9. The summed E-state index contributed by atoms with van der Waals surface area (Å²) in [6.45, 7) is 15.3. The fourth-order valence-electron chi connectivity index (χ4n) is 6.22. The lowest BCUT2D eigenvalue weighted by atomic mass is 9.92. The molecule has 3 rings (SSSR count). The van der Waals surface area contributed by atoms with Crippen molar-refractivity contribution in [3.05, 3.63) is 53.8 Å². The Morgan fingerprint density at radius 1 is 1.15 bits per heavy atom. The molecule has 5 atom stereocenters. The van der Waals surface area contributed by atoms with Gasteiger partial charge in [-0.3, -0.25) is 14.4 Å². The third-order valence-corrected chi connectivity index (χ3v) is 8.73. The van der Waals surface area contributed by atoms with Crippen LogP contribution in [0.3, 0.4) is 0 Å². The number of fused-ring (bicyclic) bond motifs is 3. The van der Waals surface area contributed by atoms with Crippen molar-refractivity contribution in [3.63, 3.8) is 0 Å². The molecule has 2 amide bonds. The van der Waals surface area contributed by atoms with E-state index in [2.05, 4.69) is 29.0 Å². The van der Waals surface area contributed by atoms with Crippen LogP contribution >= 0.6 is 0 Å². The number of amides is 2. The molecule has 2 aliphatic heterocycles. The molecular formula is C35H52N4O7. The van der Waals surface area contributed by atoms with E-state index >= 15 is 0 Å². The lowest BCUT2D eigenvalue weighted by Crippen LogP contribution is -2.46. The van der Waals surface area contributed by atoms with Crippen LogP contribution in [0.25, 0.3) is 0 Å². The Balaban J connectivity index is 1.92. The Bertz CT molecular complexity index is 1280. The Morgan fingerprint density at radius 3 is 2.59 bits per heavy atom. The summed E-state index contributed by atoms with van der Waals surface area (Å²) < 4.78 is 11.7. The Hall–Kier alpha value is -3.57. The molecule has 1 aromatic rings. The number of ketones is 1. The van der Waals surface area contributed by atoms with Gasteiger partial charge in [-0.05, 0) is 63.7 Å². The van der Waals surface area contributed by atoms with E-state index in [-0.39, 0.29) is 60.4 Å². The van der Waals surface area contributed by atoms with Gasteiger partial charge in [0.1, 0.15) is 24.2 Å². The number of hydrogen-bond donors (Lipinski definition) is 2. The van der Waals surface area contributed by atoms with Gasteiger partial charge >= 0.3 is 5.97 Å². The number of nitrogens with zero attached hydrogens (tertiary/aromatic N) is 3. The van der Waals surface area contributed by atoms with Gasteiger partial charge in [0, 0.05) is 25.4 Å². The number of oxazole rings is 1. The van der Waals surface area contributed by atoms with Crippen molar-refractivity contribution in [2.24, 2.45) is 17.8 Å². The number of esters is 1. The van der Waals surface area contributed by atoms with Gasteiger partial charge in [0.2, 0.25) is 11.8 Å². The minimum atomic E-state index is -1.02. The van der Waals surface area contributed by atoms with E-state index < -0.39 is 30.1 Å². The molecule has 5 unspecified atom stereocenters. The molecule has 0 aliphatic carbocycles. The van der Waals surface area contributed by atoms with Crippen LogP contribution in [0, 0.1) is 17.8 Å². The van der Waals surface area contributed by atoms with E-state index in [1.54, 1.807) is 31.2 Å². The topological polar surface area (TPSA) is 142 Å². The molecule has 2 aliphatic rings. The van der Waals surface area contributed by atoms with Gasteiger partial charge in [-0.15, -0.1) is 0 Å². The minimum Gasteiger partial charge on any atom is -0.460 e. The average molecular weight is 641 g/mol. The van der Waals surface area contributed by atoms with Crippen LogP contribution in [0.15, 0.2) is 46.6 Å². The molecule has 11 heteroatoms. The van der Waals surface area contributed by atoms with E-state index in [0.29, 0.717) is 13.0 Å². The second-order valence-electron chi connectivity index (χ2n) is 12.7. The van der Waals surface area contributed by atoms with Crippen molar-refractivity contribution in [2.75, 3.05) is 32.7 Å². The number of nitrogens with one attached hydrogen (secondary N) is 1. The van der Waals surface area contributed by atoms with Crippen LogP contribution in [0.5, 0.6) is 0 Å². The number of Topliss-reactive ketones (excluding diaryl/α,β-unsaturated/α-hetero) is 1. The third-order valence-electron chi connectivity index (χ3n) is 8.73. The predicted molar refractivity (Wildman–Crippen MR) is 175 cm³/mol. The molecule has 0 spiro atoms. The smallest absolute Gasteiger partial charge is 0.329 e. The number of carbonyl (C=O) groups excluding carboxylic acids is 4. The molecule has 2 N–H and O–H groups in total. The average Bonchev–Trinajstić information content (AvgIpc) is 3.65. The molecule has 3 heterocycles.